The first-order chi connectivity index (χ1) is 28.3. The molecule has 0 saturated carbocycles. The number of para-hydroxylation sites is 4. The molecule has 0 fully saturated rings. The van der Waals surface area contributed by atoms with E-state index in [1.807, 2.05) is 18.2 Å². The van der Waals surface area contributed by atoms with Crippen molar-refractivity contribution in [2.45, 2.75) is 0 Å². The Bertz CT molecular complexity index is 3500. The predicted octanol–water partition coefficient (Wildman–Crippen LogP) is 13.6. The zero-order chi connectivity index (χ0) is 37.5. The molecule has 57 heavy (non-hydrogen) atoms. The van der Waals surface area contributed by atoms with Crippen LogP contribution in [0, 0.1) is 0 Å². The molecular weight excluding hydrogens is 697 g/mol. The fourth-order valence-electron chi connectivity index (χ4n) is 8.75. The fourth-order valence-corrected chi connectivity index (χ4v) is 8.75. The van der Waals surface area contributed by atoms with Crippen molar-refractivity contribution in [2.75, 3.05) is 0 Å². The van der Waals surface area contributed by atoms with Crippen molar-refractivity contribution in [2.24, 2.45) is 0 Å². The van der Waals surface area contributed by atoms with Crippen LogP contribution in [0.3, 0.4) is 0 Å². The van der Waals surface area contributed by atoms with Gasteiger partial charge in [0.1, 0.15) is 17.0 Å². The Labute approximate surface area is 327 Å². The molecule has 0 atom stereocenters. The molecule has 5 nitrogen and oxygen atoms in total. The predicted molar refractivity (Wildman–Crippen MR) is 234 cm³/mol. The van der Waals surface area contributed by atoms with Crippen LogP contribution in [0.1, 0.15) is 0 Å². The number of furan rings is 1. The van der Waals surface area contributed by atoms with Crippen molar-refractivity contribution < 1.29 is 4.42 Å². The van der Waals surface area contributed by atoms with E-state index in [2.05, 4.69) is 185 Å². The third kappa shape index (κ3) is 4.89. The summed E-state index contributed by atoms with van der Waals surface area (Å²) in [6, 6.07) is 68.3. The molecule has 5 heteroatoms. The van der Waals surface area contributed by atoms with Crippen molar-refractivity contribution in [1.82, 2.24) is 19.1 Å². The minimum atomic E-state index is 0.650. The van der Waals surface area contributed by atoms with Gasteiger partial charge >= 0.3 is 0 Å². The Kier molecular flexibility index (Phi) is 6.86. The van der Waals surface area contributed by atoms with Gasteiger partial charge in [-0.15, -0.1) is 0 Å². The molecule has 4 aromatic heterocycles. The van der Waals surface area contributed by atoms with Crippen molar-refractivity contribution in [3.8, 4) is 45.3 Å². The molecule has 0 amide bonds. The Balaban J connectivity index is 1.14. The highest BCUT2D eigenvalue weighted by Crippen LogP contribution is 2.42. The van der Waals surface area contributed by atoms with Crippen molar-refractivity contribution >= 4 is 65.6 Å². The maximum Gasteiger partial charge on any atom is 0.162 e. The van der Waals surface area contributed by atoms with Gasteiger partial charge in [-0.2, -0.15) is 0 Å². The summed E-state index contributed by atoms with van der Waals surface area (Å²) in [4.78, 5) is 10.7. The summed E-state index contributed by atoms with van der Waals surface area (Å²) in [6.07, 6.45) is 0. The summed E-state index contributed by atoms with van der Waals surface area (Å²) in [7, 11) is 0. The number of nitrogens with zero attached hydrogens (tertiary/aromatic N) is 4. The maximum atomic E-state index is 6.37. The summed E-state index contributed by atoms with van der Waals surface area (Å²) < 4.78 is 11.1. The monoisotopic (exact) mass is 728 g/mol. The summed E-state index contributed by atoms with van der Waals surface area (Å²) in [5, 5.41) is 6.97. The summed E-state index contributed by atoms with van der Waals surface area (Å²) in [6.45, 7) is 0. The molecule has 0 aliphatic heterocycles. The van der Waals surface area contributed by atoms with Gasteiger partial charge in [0.2, 0.25) is 0 Å². The molecule has 4 heterocycles. The van der Waals surface area contributed by atoms with Gasteiger partial charge in [-0.25, -0.2) is 9.97 Å². The molecule has 0 bridgehead atoms. The minimum Gasteiger partial charge on any atom is -0.456 e. The summed E-state index contributed by atoms with van der Waals surface area (Å²) in [5.74, 6) is 1.44. The third-order valence-corrected chi connectivity index (χ3v) is 11.4. The minimum absolute atomic E-state index is 0.650. The lowest BCUT2D eigenvalue weighted by atomic mass is 10.0. The van der Waals surface area contributed by atoms with Crippen LogP contribution in [0.25, 0.3) is 111 Å². The van der Waals surface area contributed by atoms with E-state index in [0.29, 0.717) is 5.82 Å². The molecule has 12 rings (SSSR count). The lowest BCUT2D eigenvalue weighted by molar-refractivity contribution is 0.669. The van der Waals surface area contributed by atoms with Crippen LogP contribution in [0.5, 0.6) is 0 Å². The Morgan fingerprint density at radius 2 is 0.965 bits per heavy atom. The highest BCUT2D eigenvalue weighted by molar-refractivity contribution is 6.26. The quantitative estimate of drug-likeness (QED) is 0.177. The van der Waals surface area contributed by atoms with E-state index in [0.717, 1.165) is 72.2 Å². The molecular formula is C52H32N4O. The smallest absolute Gasteiger partial charge is 0.162 e. The number of benzene rings is 8. The molecule has 0 unspecified atom stereocenters. The number of rotatable bonds is 5. The van der Waals surface area contributed by atoms with Crippen LogP contribution in [0.2, 0.25) is 0 Å². The highest BCUT2D eigenvalue weighted by atomic mass is 16.3. The largest absolute Gasteiger partial charge is 0.456 e. The van der Waals surface area contributed by atoms with Crippen LogP contribution in [-0.2, 0) is 0 Å². The zero-order valence-electron chi connectivity index (χ0n) is 30.7. The maximum absolute atomic E-state index is 6.37. The summed E-state index contributed by atoms with van der Waals surface area (Å²) in [5.41, 5.74) is 12.4. The Morgan fingerprint density at radius 3 is 1.77 bits per heavy atom. The lowest BCUT2D eigenvalue weighted by Crippen LogP contribution is -2.02. The average Bonchev–Trinajstić information content (AvgIpc) is 3.94. The molecule has 0 N–H and O–H groups in total. The third-order valence-electron chi connectivity index (χ3n) is 11.4. The fraction of sp³-hybridized carbons (Fsp3) is 0. The molecule has 0 aliphatic carbocycles. The van der Waals surface area contributed by atoms with Crippen LogP contribution < -0.4 is 0 Å². The van der Waals surface area contributed by atoms with Gasteiger partial charge < -0.3 is 8.98 Å². The van der Waals surface area contributed by atoms with E-state index < -0.39 is 0 Å². The lowest BCUT2D eigenvalue weighted by Gasteiger charge is -2.13. The zero-order valence-corrected chi connectivity index (χ0v) is 30.7. The van der Waals surface area contributed by atoms with Gasteiger partial charge in [-0.3, -0.25) is 4.57 Å². The van der Waals surface area contributed by atoms with E-state index in [4.69, 9.17) is 14.4 Å². The number of fused-ring (bicyclic) bond motifs is 10. The van der Waals surface area contributed by atoms with Gasteiger partial charge in [0, 0.05) is 55.2 Å². The number of hydrogen-bond donors (Lipinski definition) is 0. The molecule has 266 valence electrons. The second kappa shape index (κ2) is 12.4. The van der Waals surface area contributed by atoms with Gasteiger partial charge in [0.15, 0.2) is 5.82 Å². The van der Waals surface area contributed by atoms with Crippen LogP contribution >= 0.6 is 0 Å². The molecule has 0 aliphatic rings. The van der Waals surface area contributed by atoms with E-state index in [1.165, 1.54) is 32.8 Å². The van der Waals surface area contributed by atoms with Crippen LogP contribution in [0.4, 0.5) is 0 Å². The molecule has 0 saturated heterocycles. The molecule has 0 radical (unpaired) electrons. The first-order valence-electron chi connectivity index (χ1n) is 19.2. The van der Waals surface area contributed by atoms with Crippen LogP contribution in [-0.4, -0.2) is 19.1 Å². The van der Waals surface area contributed by atoms with E-state index >= 15 is 0 Å². The van der Waals surface area contributed by atoms with Gasteiger partial charge in [0.25, 0.3) is 0 Å². The molecule has 0 spiro atoms. The highest BCUT2D eigenvalue weighted by Gasteiger charge is 2.22. The normalized spacial score (nSPS) is 11.9. The standard InChI is InChI=1S/C52H32N4O/c1-3-13-33(14-4-1)34-23-25-35(26-24-34)52-53-43(36-27-28-40-39-18-9-12-22-47(39)57-48(40)31-36)32-49(54-52)56-45-21-11-8-19-42(45)50-46(56)30-29-41-38-17-7-10-20-44(38)55(51(41)50)37-15-5-2-6-16-37/h1-32H. The average molecular weight is 729 g/mol. The number of hydrogen-bond acceptors (Lipinski definition) is 3. The second-order valence-electron chi connectivity index (χ2n) is 14.6. The topological polar surface area (TPSA) is 48.8 Å². The Hall–Kier alpha value is -7.76. The van der Waals surface area contributed by atoms with Gasteiger partial charge in [0.05, 0.1) is 27.8 Å². The van der Waals surface area contributed by atoms with E-state index in [9.17, 15) is 0 Å². The Morgan fingerprint density at radius 1 is 0.368 bits per heavy atom. The summed E-state index contributed by atoms with van der Waals surface area (Å²) >= 11 is 0. The first-order valence-corrected chi connectivity index (χ1v) is 19.2. The van der Waals surface area contributed by atoms with E-state index in [-0.39, 0.29) is 0 Å². The van der Waals surface area contributed by atoms with Crippen molar-refractivity contribution in [3.05, 3.63) is 194 Å². The molecule has 12 aromatic rings. The van der Waals surface area contributed by atoms with Gasteiger partial charge in [-0.1, -0.05) is 140 Å². The second-order valence-corrected chi connectivity index (χ2v) is 14.6. The van der Waals surface area contributed by atoms with Crippen molar-refractivity contribution in [3.63, 3.8) is 0 Å². The molecule has 8 aromatic carbocycles. The number of aromatic nitrogens is 4. The van der Waals surface area contributed by atoms with E-state index in [1.54, 1.807) is 0 Å². The van der Waals surface area contributed by atoms with Crippen molar-refractivity contribution in [1.29, 1.82) is 0 Å². The SMILES string of the molecule is c1ccc(-c2ccc(-c3nc(-c4ccc5c(c4)oc4ccccc45)cc(-n4c5ccccc5c5c4ccc4c6ccccc6n(-c6ccccc6)c45)n3)cc2)cc1. The first kappa shape index (κ1) is 31.6. The van der Waals surface area contributed by atoms with Gasteiger partial charge in [-0.05, 0) is 59.7 Å². The van der Waals surface area contributed by atoms with Crippen LogP contribution in [0.15, 0.2) is 199 Å².